The monoisotopic (exact) mass is 322 g/mol. The van der Waals surface area contributed by atoms with Crippen molar-refractivity contribution in [3.8, 4) is 5.75 Å². The van der Waals surface area contributed by atoms with Crippen LogP contribution < -0.4 is 14.6 Å². The maximum atomic E-state index is 12.7. The van der Waals surface area contributed by atoms with Crippen LogP contribution in [0.2, 0.25) is 0 Å². The summed E-state index contributed by atoms with van der Waals surface area (Å²) >= 11 is 0. The van der Waals surface area contributed by atoms with Gasteiger partial charge in [-0.3, -0.25) is 15.0 Å². The SMILES string of the molecule is COc1ccc(C2NC(=O)C(=C=N)C(=O)C2[n+]2ccccc2)cc1. The molecule has 0 spiro atoms. The molecule has 0 saturated carbocycles. The number of piperidine rings is 1. The first kappa shape index (κ1) is 15.6. The van der Waals surface area contributed by atoms with Crippen LogP contribution in [0.5, 0.6) is 5.75 Å². The minimum Gasteiger partial charge on any atom is -0.497 e. The molecule has 1 aromatic carbocycles. The van der Waals surface area contributed by atoms with E-state index in [0.717, 1.165) is 5.56 Å². The highest BCUT2D eigenvalue weighted by Gasteiger charge is 2.46. The fourth-order valence-electron chi connectivity index (χ4n) is 2.80. The number of nitrogens with zero attached hydrogens (tertiary/aromatic N) is 1. The Balaban J connectivity index is 2.08. The Morgan fingerprint density at radius 2 is 1.79 bits per heavy atom. The number of methoxy groups -OCH3 is 1. The lowest BCUT2D eigenvalue weighted by molar-refractivity contribution is -0.712. The van der Waals surface area contributed by atoms with Gasteiger partial charge in [0.15, 0.2) is 18.0 Å². The highest BCUT2D eigenvalue weighted by molar-refractivity contribution is 6.27. The van der Waals surface area contributed by atoms with Gasteiger partial charge in [-0.2, -0.15) is 4.57 Å². The number of aromatic nitrogens is 1. The van der Waals surface area contributed by atoms with Crippen molar-refractivity contribution in [1.82, 2.24) is 5.32 Å². The van der Waals surface area contributed by atoms with E-state index in [2.05, 4.69) is 5.32 Å². The summed E-state index contributed by atoms with van der Waals surface area (Å²) in [7, 11) is 1.57. The minimum atomic E-state index is -0.676. The number of nitrogens with one attached hydrogen (secondary N) is 2. The third kappa shape index (κ3) is 2.71. The Bertz CT molecular complexity index is 824. The van der Waals surface area contributed by atoms with Gasteiger partial charge < -0.3 is 10.1 Å². The molecule has 24 heavy (non-hydrogen) atoms. The van der Waals surface area contributed by atoms with E-state index in [1.54, 1.807) is 36.2 Å². The van der Waals surface area contributed by atoms with E-state index in [4.69, 9.17) is 10.1 Å². The van der Waals surface area contributed by atoms with Crippen LogP contribution in [0.15, 0.2) is 60.4 Å². The Morgan fingerprint density at radius 3 is 2.38 bits per heavy atom. The predicted molar refractivity (Wildman–Crippen MR) is 85.8 cm³/mol. The van der Waals surface area contributed by atoms with E-state index < -0.39 is 23.8 Å². The van der Waals surface area contributed by atoms with Crippen molar-refractivity contribution in [3.05, 3.63) is 66.0 Å². The Hall–Kier alpha value is -3.24. The van der Waals surface area contributed by atoms with Gasteiger partial charge >= 0.3 is 0 Å². The van der Waals surface area contributed by atoms with Crippen LogP contribution in [0.25, 0.3) is 0 Å². The molecule has 2 atom stereocenters. The molecule has 2 aromatic rings. The van der Waals surface area contributed by atoms with E-state index in [9.17, 15) is 9.59 Å². The molecule has 1 fully saturated rings. The molecule has 120 valence electrons. The lowest BCUT2D eigenvalue weighted by atomic mass is 9.88. The van der Waals surface area contributed by atoms with Crippen molar-refractivity contribution in [2.24, 2.45) is 0 Å². The van der Waals surface area contributed by atoms with Gasteiger partial charge in [0.1, 0.15) is 11.8 Å². The number of ketones is 1. The van der Waals surface area contributed by atoms with E-state index in [1.165, 1.54) is 0 Å². The van der Waals surface area contributed by atoms with Gasteiger partial charge in [0.05, 0.1) is 7.11 Å². The van der Waals surface area contributed by atoms with Gasteiger partial charge in [-0.05, 0) is 23.6 Å². The van der Waals surface area contributed by atoms with Crippen molar-refractivity contribution >= 4 is 17.6 Å². The zero-order valence-electron chi connectivity index (χ0n) is 13.0. The van der Waals surface area contributed by atoms with Crippen LogP contribution in [0.4, 0.5) is 0 Å². The van der Waals surface area contributed by atoms with Crippen LogP contribution in [0.3, 0.4) is 0 Å². The molecule has 0 bridgehead atoms. The normalized spacial score (nSPS) is 20.3. The van der Waals surface area contributed by atoms with Crippen LogP contribution >= 0.6 is 0 Å². The summed E-state index contributed by atoms with van der Waals surface area (Å²) in [6.07, 6.45) is 3.52. The number of benzene rings is 1. The molecule has 1 saturated heterocycles. The van der Waals surface area contributed by atoms with Crippen molar-refractivity contribution in [1.29, 1.82) is 5.41 Å². The molecule has 2 heterocycles. The van der Waals surface area contributed by atoms with Gasteiger partial charge in [0.25, 0.3) is 5.91 Å². The molecule has 1 aromatic heterocycles. The van der Waals surface area contributed by atoms with Crippen molar-refractivity contribution in [2.75, 3.05) is 7.11 Å². The lowest BCUT2D eigenvalue weighted by Gasteiger charge is -2.28. The lowest BCUT2D eigenvalue weighted by Crippen LogP contribution is -2.56. The van der Waals surface area contributed by atoms with Gasteiger partial charge in [-0.1, -0.05) is 18.2 Å². The third-order valence-electron chi connectivity index (χ3n) is 4.00. The summed E-state index contributed by atoms with van der Waals surface area (Å²) < 4.78 is 6.88. The summed E-state index contributed by atoms with van der Waals surface area (Å²) in [6, 6.07) is 11.4. The molecular formula is C18H16N3O3+. The number of ether oxygens (including phenoxy) is 1. The van der Waals surface area contributed by atoms with Gasteiger partial charge in [0, 0.05) is 12.1 Å². The van der Waals surface area contributed by atoms with Gasteiger partial charge in [-0.25, -0.2) is 0 Å². The summed E-state index contributed by atoms with van der Waals surface area (Å²) in [5.41, 5.74) is 0.518. The molecule has 0 radical (unpaired) electrons. The number of hydrogen-bond donors (Lipinski definition) is 2. The molecule has 6 nitrogen and oxygen atoms in total. The largest absolute Gasteiger partial charge is 0.497 e. The fraction of sp³-hybridized carbons (Fsp3) is 0.167. The molecule has 6 heteroatoms. The number of carbonyl (C=O) groups is 2. The van der Waals surface area contributed by atoms with Crippen LogP contribution in [0, 0.1) is 5.41 Å². The second kappa shape index (κ2) is 6.48. The maximum absolute atomic E-state index is 12.7. The van der Waals surface area contributed by atoms with E-state index >= 15 is 0 Å². The first-order valence-corrected chi connectivity index (χ1v) is 7.40. The Kier molecular flexibility index (Phi) is 4.22. The molecule has 2 unspecified atom stereocenters. The maximum Gasteiger partial charge on any atom is 0.265 e. The number of rotatable bonds is 3. The average molecular weight is 322 g/mol. The smallest absolute Gasteiger partial charge is 0.265 e. The fourth-order valence-corrected chi connectivity index (χ4v) is 2.80. The van der Waals surface area contributed by atoms with Crippen LogP contribution in [0.1, 0.15) is 17.6 Å². The second-order valence-corrected chi connectivity index (χ2v) is 5.36. The highest BCUT2D eigenvalue weighted by Crippen LogP contribution is 2.30. The predicted octanol–water partition coefficient (Wildman–Crippen LogP) is 1.14. The Morgan fingerprint density at radius 1 is 1.12 bits per heavy atom. The van der Waals surface area contributed by atoms with Crippen LogP contribution in [-0.2, 0) is 9.59 Å². The van der Waals surface area contributed by atoms with Gasteiger partial charge in [-0.15, -0.1) is 0 Å². The van der Waals surface area contributed by atoms with E-state index in [0.29, 0.717) is 5.75 Å². The third-order valence-corrected chi connectivity index (χ3v) is 4.00. The standard InChI is InChI=1S/C18H15N3O3/c1-24-13-7-5-12(6-8-13)15-16(21-9-3-2-4-10-21)17(22)14(11-19)18(23)20-15/h2-10,15-16,19H,1H3/p+1. The first-order valence-electron chi connectivity index (χ1n) is 7.40. The number of pyridine rings is 1. The molecule has 2 N–H and O–H groups in total. The zero-order chi connectivity index (χ0) is 17.1. The van der Waals surface area contributed by atoms with E-state index in [-0.39, 0.29) is 5.57 Å². The van der Waals surface area contributed by atoms with Crippen molar-refractivity contribution < 1.29 is 18.9 Å². The van der Waals surface area contributed by atoms with Crippen LogP contribution in [-0.4, -0.2) is 24.7 Å². The highest BCUT2D eigenvalue weighted by atomic mass is 16.5. The zero-order valence-corrected chi connectivity index (χ0v) is 13.0. The molecule has 3 rings (SSSR count). The number of carbonyl (C=O) groups excluding carboxylic acids is 2. The average Bonchev–Trinajstić information content (AvgIpc) is 2.62. The first-order chi connectivity index (χ1) is 11.7. The molecule has 1 amide bonds. The number of hydrogen-bond acceptors (Lipinski definition) is 4. The van der Waals surface area contributed by atoms with Crippen molar-refractivity contribution in [3.63, 3.8) is 0 Å². The quantitative estimate of drug-likeness (QED) is 0.385. The Labute approximate surface area is 138 Å². The summed E-state index contributed by atoms with van der Waals surface area (Å²) in [5.74, 6) is 1.65. The topological polar surface area (TPSA) is 83.1 Å². The summed E-state index contributed by atoms with van der Waals surface area (Å²) in [4.78, 5) is 24.9. The summed E-state index contributed by atoms with van der Waals surface area (Å²) in [5, 5.41) is 10.0. The molecule has 1 aliphatic rings. The van der Waals surface area contributed by atoms with Gasteiger partial charge in [0.2, 0.25) is 11.8 Å². The summed E-state index contributed by atoms with van der Waals surface area (Å²) in [6.45, 7) is 0. The van der Waals surface area contributed by atoms with E-state index in [1.807, 2.05) is 36.2 Å². The molecular weight excluding hydrogens is 306 g/mol. The number of amides is 1. The molecule has 0 aliphatic carbocycles. The number of Topliss-reactive ketones (excluding diaryl/α,β-unsaturated/α-hetero) is 1. The van der Waals surface area contributed by atoms with Crippen molar-refractivity contribution in [2.45, 2.75) is 12.1 Å². The second-order valence-electron chi connectivity index (χ2n) is 5.36. The molecule has 1 aliphatic heterocycles. The minimum absolute atomic E-state index is 0.263.